The summed E-state index contributed by atoms with van der Waals surface area (Å²) in [6, 6.07) is 10.2. The number of hydrogen-bond acceptors (Lipinski definition) is 4. The molecule has 5 nitrogen and oxygen atoms in total. The predicted molar refractivity (Wildman–Crippen MR) is 103 cm³/mol. The van der Waals surface area contributed by atoms with Crippen molar-refractivity contribution in [2.24, 2.45) is 0 Å². The summed E-state index contributed by atoms with van der Waals surface area (Å²) in [6.07, 6.45) is -2.40. The Morgan fingerprint density at radius 3 is 2.34 bits per heavy atom. The molecule has 156 valence electrons. The summed E-state index contributed by atoms with van der Waals surface area (Å²) in [6.45, 7) is 0.636. The standard InChI is InChI=1S/C21H23F3N2O3/c1-28-18-9-10-19(29-2)14(11-18)12-26(17-7-8-17)13-20(27)25-16-5-3-15(4-6-16)21(22,23)24/h3-6,9-11,17H,7-8,12-13H2,1-2H3,(H,25,27). The second-order valence-corrected chi connectivity index (χ2v) is 6.94. The number of anilines is 1. The van der Waals surface area contributed by atoms with E-state index in [1.54, 1.807) is 20.3 Å². The molecule has 8 heteroatoms. The van der Waals surface area contributed by atoms with Crippen LogP contribution in [0.15, 0.2) is 42.5 Å². The van der Waals surface area contributed by atoms with E-state index in [1.807, 2.05) is 17.0 Å². The van der Waals surface area contributed by atoms with Crippen molar-refractivity contribution in [1.29, 1.82) is 0 Å². The summed E-state index contributed by atoms with van der Waals surface area (Å²) in [5.74, 6) is 1.13. The normalized spacial score (nSPS) is 14.0. The number of nitrogens with zero attached hydrogens (tertiary/aromatic N) is 1. The van der Waals surface area contributed by atoms with Gasteiger partial charge in [0.2, 0.25) is 5.91 Å². The fourth-order valence-corrected chi connectivity index (χ4v) is 3.11. The second-order valence-electron chi connectivity index (χ2n) is 6.94. The Bertz CT molecular complexity index is 849. The summed E-state index contributed by atoms with van der Waals surface area (Å²) in [4.78, 5) is 14.5. The van der Waals surface area contributed by atoms with E-state index in [2.05, 4.69) is 5.32 Å². The molecule has 1 fully saturated rings. The molecule has 1 amide bonds. The second kappa shape index (κ2) is 8.73. The summed E-state index contributed by atoms with van der Waals surface area (Å²) >= 11 is 0. The maximum Gasteiger partial charge on any atom is 0.416 e. The molecule has 29 heavy (non-hydrogen) atoms. The number of hydrogen-bond donors (Lipinski definition) is 1. The fraction of sp³-hybridized carbons (Fsp3) is 0.381. The number of carbonyl (C=O) groups is 1. The van der Waals surface area contributed by atoms with Crippen LogP contribution in [0.3, 0.4) is 0 Å². The van der Waals surface area contributed by atoms with Gasteiger partial charge < -0.3 is 14.8 Å². The molecule has 0 atom stereocenters. The zero-order valence-electron chi connectivity index (χ0n) is 16.3. The van der Waals surface area contributed by atoms with Crippen LogP contribution in [0.4, 0.5) is 18.9 Å². The highest BCUT2D eigenvalue weighted by molar-refractivity contribution is 5.92. The van der Waals surface area contributed by atoms with Gasteiger partial charge in [0.25, 0.3) is 0 Å². The topological polar surface area (TPSA) is 50.8 Å². The van der Waals surface area contributed by atoms with Crippen molar-refractivity contribution >= 4 is 11.6 Å². The molecule has 1 N–H and O–H groups in total. The number of ether oxygens (including phenoxy) is 2. The fourth-order valence-electron chi connectivity index (χ4n) is 3.11. The molecule has 0 saturated heterocycles. The molecule has 0 radical (unpaired) electrons. The molecular weight excluding hydrogens is 385 g/mol. The van der Waals surface area contributed by atoms with E-state index in [1.165, 1.54) is 12.1 Å². The number of halogens is 3. The SMILES string of the molecule is COc1ccc(OC)c(CN(CC(=O)Nc2ccc(C(F)(F)F)cc2)C2CC2)c1. The maximum atomic E-state index is 12.7. The Morgan fingerprint density at radius 1 is 1.10 bits per heavy atom. The van der Waals surface area contributed by atoms with Crippen LogP contribution in [0.25, 0.3) is 0 Å². The lowest BCUT2D eigenvalue weighted by atomic mass is 10.1. The molecule has 2 aromatic carbocycles. The molecule has 0 bridgehead atoms. The van der Waals surface area contributed by atoms with Crippen molar-refractivity contribution in [2.75, 3.05) is 26.1 Å². The Balaban J connectivity index is 1.66. The first kappa shape index (κ1) is 21.0. The monoisotopic (exact) mass is 408 g/mol. The van der Waals surface area contributed by atoms with E-state index in [9.17, 15) is 18.0 Å². The van der Waals surface area contributed by atoms with E-state index < -0.39 is 11.7 Å². The predicted octanol–water partition coefficient (Wildman–Crippen LogP) is 4.33. The number of nitrogens with one attached hydrogen (secondary N) is 1. The molecule has 2 aromatic rings. The molecular formula is C21H23F3N2O3. The Kier molecular flexibility index (Phi) is 6.32. The Labute approximate surface area is 167 Å². The van der Waals surface area contributed by atoms with Crippen molar-refractivity contribution < 1.29 is 27.4 Å². The van der Waals surface area contributed by atoms with Gasteiger partial charge in [-0.25, -0.2) is 0 Å². The van der Waals surface area contributed by atoms with Crippen LogP contribution in [0.5, 0.6) is 11.5 Å². The van der Waals surface area contributed by atoms with Gasteiger partial charge in [-0.15, -0.1) is 0 Å². The molecule has 1 saturated carbocycles. The lowest BCUT2D eigenvalue weighted by Crippen LogP contribution is -2.34. The zero-order chi connectivity index (χ0) is 21.0. The smallest absolute Gasteiger partial charge is 0.416 e. The molecule has 0 aliphatic heterocycles. The number of methoxy groups -OCH3 is 2. The lowest BCUT2D eigenvalue weighted by Gasteiger charge is -2.23. The molecule has 0 heterocycles. The van der Waals surface area contributed by atoms with Crippen LogP contribution >= 0.6 is 0 Å². The highest BCUT2D eigenvalue weighted by atomic mass is 19.4. The van der Waals surface area contributed by atoms with Gasteiger partial charge in [-0.2, -0.15) is 13.2 Å². The van der Waals surface area contributed by atoms with E-state index >= 15 is 0 Å². The number of alkyl halides is 3. The summed E-state index contributed by atoms with van der Waals surface area (Å²) in [5, 5.41) is 2.67. The summed E-state index contributed by atoms with van der Waals surface area (Å²) < 4.78 is 48.7. The van der Waals surface area contributed by atoms with Gasteiger partial charge in [-0.1, -0.05) is 0 Å². The molecule has 0 unspecified atom stereocenters. The first-order valence-electron chi connectivity index (χ1n) is 9.22. The van der Waals surface area contributed by atoms with Crippen molar-refractivity contribution in [1.82, 2.24) is 4.90 Å². The van der Waals surface area contributed by atoms with Crippen LogP contribution in [0.1, 0.15) is 24.0 Å². The van der Waals surface area contributed by atoms with Crippen LogP contribution in [-0.2, 0) is 17.5 Å². The van der Waals surface area contributed by atoms with Crippen molar-refractivity contribution in [3.05, 3.63) is 53.6 Å². The van der Waals surface area contributed by atoms with Crippen LogP contribution in [0, 0.1) is 0 Å². The average molecular weight is 408 g/mol. The van der Waals surface area contributed by atoms with Crippen molar-refractivity contribution in [3.63, 3.8) is 0 Å². The molecule has 0 aromatic heterocycles. The third-order valence-electron chi connectivity index (χ3n) is 4.77. The van der Waals surface area contributed by atoms with E-state index in [4.69, 9.17) is 9.47 Å². The third kappa shape index (κ3) is 5.63. The first-order chi connectivity index (χ1) is 13.8. The van der Waals surface area contributed by atoms with Gasteiger partial charge in [0.1, 0.15) is 11.5 Å². The maximum absolute atomic E-state index is 12.7. The highest BCUT2D eigenvalue weighted by Gasteiger charge is 2.32. The molecule has 1 aliphatic rings. The number of benzene rings is 2. The van der Waals surface area contributed by atoms with E-state index in [0.717, 1.165) is 30.5 Å². The number of rotatable bonds is 8. The third-order valence-corrected chi connectivity index (χ3v) is 4.77. The number of amides is 1. The minimum atomic E-state index is -4.40. The Hall–Kier alpha value is -2.74. The Morgan fingerprint density at radius 2 is 1.79 bits per heavy atom. The minimum absolute atomic E-state index is 0.131. The first-order valence-corrected chi connectivity index (χ1v) is 9.22. The van der Waals surface area contributed by atoms with Crippen LogP contribution < -0.4 is 14.8 Å². The van der Waals surface area contributed by atoms with Crippen LogP contribution in [0.2, 0.25) is 0 Å². The van der Waals surface area contributed by atoms with Crippen molar-refractivity contribution in [2.45, 2.75) is 31.6 Å². The highest BCUT2D eigenvalue weighted by Crippen LogP contribution is 2.32. The van der Waals surface area contributed by atoms with E-state index in [-0.39, 0.29) is 12.5 Å². The van der Waals surface area contributed by atoms with Gasteiger partial charge >= 0.3 is 6.18 Å². The van der Waals surface area contributed by atoms with Crippen LogP contribution in [-0.4, -0.2) is 37.6 Å². The summed E-state index contributed by atoms with van der Waals surface area (Å²) in [5.41, 5.74) is 0.485. The van der Waals surface area contributed by atoms with Gasteiger partial charge in [0, 0.05) is 23.8 Å². The van der Waals surface area contributed by atoms with Gasteiger partial charge in [0.05, 0.1) is 26.3 Å². The van der Waals surface area contributed by atoms with Crippen molar-refractivity contribution in [3.8, 4) is 11.5 Å². The largest absolute Gasteiger partial charge is 0.497 e. The minimum Gasteiger partial charge on any atom is -0.497 e. The zero-order valence-corrected chi connectivity index (χ0v) is 16.3. The quantitative estimate of drug-likeness (QED) is 0.707. The van der Waals surface area contributed by atoms with Gasteiger partial charge in [0.15, 0.2) is 0 Å². The van der Waals surface area contributed by atoms with E-state index in [0.29, 0.717) is 29.8 Å². The average Bonchev–Trinajstić information content (AvgIpc) is 3.52. The number of carbonyl (C=O) groups excluding carboxylic acids is 1. The lowest BCUT2D eigenvalue weighted by molar-refractivity contribution is -0.137. The van der Waals surface area contributed by atoms with Gasteiger partial charge in [-0.05, 0) is 55.3 Å². The molecule has 0 spiro atoms. The van der Waals surface area contributed by atoms with Gasteiger partial charge in [-0.3, -0.25) is 9.69 Å². The summed E-state index contributed by atoms with van der Waals surface area (Å²) in [7, 11) is 3.17. The molecule has 3 rings (SSSR count). The molecule has 1 aliphatic carbocycles.